The summed E-state index contributed by atoms with van der Waals surface area (Å²) in [4.78, 5) is 8.28. The number of nitrogens with one attached hydrogen (secondary N) is 1. The van der Waals surface area contributed by atoms with E-state index in [2.05, 4.69) is 15.3 Å². The summed E-state index contributed by atoms with van der Waals surface area (Å²) < 4.78 is 0. The van der Waals surface area contributed by atoms with Gasteiger partial charge in [-0.25, -0.2) is 9.97 Å². The first kappa shape index (κ1) is 11.3. The van der Waals surface area contributed by atoms with Gasteiger partial charge in [-0.1, -0.05) is 6.42 Å². The Morgan fingerprint density at radius 2 is 2.19 bits per heavy atom. The highest BCUT2D eigenvalue weighted by molar-refractivity contribution is 5.34. The molecule has 1 aromatic heterocycles. The van der Waals surface area contributed by atoms with Crippen molar-refractivity contribution in [2.75, 3.05) is 18.4 Å². The van der Waals surface area contributed by atoms with Gasteiger partial charge in [0.15, 0.2) is 0 Å². The molecule has 0 spiro atoms. The fourth-order valence-electron chi connectivity index (χ4n) is 2.48. The SMILES string of the molecule is Cc1cc(NCC2CCCC2CN)ncn1. The third-order valence-corrected chi connectivity index (χ3v) is 3.47. The lowest BCUT2D eigenvalue weighted by molar-refractivity contribution is 0.414. The topological polar surface area (TPSA) is 63.8 Å². The molecule has 1 fully saturated rings. The Morgan fingerprint density at radius 1 is 1.38 bits per heavy atom. The Hall–Kier alpha value is -1.16. The minimum atomic E-state index is 0.690. The molecule has 1 aromatic rings. The van der Waals surface area contributed by atoms with Gasteiger partial charge in [0.1, 0.15) is 12.1 Å². The van der Waals surface area contributed by atoms with Crippen molar-refractivity contribution in [2.24, 2.45) is 17.6 Å². The highest BCUT2D eigenvalue weighted by atomic mass is 15.0. The lowest BCUT2D eigenvalue weighted by Crippen LogP contribution is -2.24. The molecule has 1 heterocycles. The highest BCUT2D eigenvalue weighted by Crippen LogP contribution is 2.30. The molecule has 0 amide bonds. The molecule has 16 heavy (non-hydrogen) atoms. The van der Waals surface area contributed by atoms with E-state index < -0.39 is 0 Å². The van der Waals surface area contributed by atoms with Crippen LogP contribution in [0.3, 0.4) is 0 Å². The second kappa shape index (κ2) is 5.25. The van der Waals surface area contributed by atoms with Crippen LogP contribution in [-0.2, 0) is 0 Å². The van der Waals surface area contributed by atoms with Crippen LogP contribution in [0.25, 0.3) is 0 Å². The molecule has 0 aromatic carbocycles. The van der Waals surface area contributed by atoms with Crippen LogP contribution < -0.4 is 11.1 Å². The molecule has 88 valence electrons. The van der Waals surface area contributed by atoms with Crippen LogP contribution in [0.15, 0.2) is 12.4 Å². The summed E-state index contributed by atoms with van der Waals surface area (Å²) in [6.07, 6.45) is 5.49. The average molecular weight is 220 g/mol. The van der Waals surface area contributed by atoms with Crippen molar-refractivity contribution >= 4 is 5.82 Å². The maximum atomic E-state index is 5.76. The van der Waals surface area contributed by atoms with Crippen molar-refractivity contribution in [1.29, 1.82) is 0 Å². The van der Waals surface area contributed by atoms with Gasteiger partial charge in [-0.3, -0.25) is 0 Å². The third-order valence-electron chi connectivity index (χ3n) is 3.47. The van der Waals surface area contributed by atoms with Gasteiger partial charge < -0.3 is 11.1 Å². The second-order valence-corrected chi connectivity index (χ2v) is 4.61. The fraction of sp³-hybridized carbons (Fsp3) is 0.667. The van der Waals surface area contributed by atoms with Gasteiger partial charge in [0.2, 0.25) is 0 Å². The van der Waals surface area contributed by atoms with E-state index in [-0.39, 0.29) is 0 Å². The number of aryl methyl sites for hydroxylation is 1. The number of anilines is 1. The van der Waals surface area contributed by atoms with Crippen LogP contribution in [0, 0.1) is 18.8 Å². The van der Waals surface area contributed by atoms with Crippen LogP contribution in [-0.4, -0.2) is 23.1 Å². The van der Waals surface area contributed by atoms with Gasteiger partial charge in [-0.2, -0.15) is 0 Å². The Kier molecular flexibility index (Phi) is 3.72. The van der Waals surface area contributed by atoms with Gasteiger partial charge in [0, 0.05) is 18.3 Å². The standard InChI is InChI=1S/C12H20N4/c1-9-5-12(16-8-15-9)14-7-11-4-2-3-10(11)6-13/h5,8,10-11H,2-4,6-7,13H2,1H3,(H,14,15,16). The summed E-state index contributed by atoms with van der Waals surface area (Å²) in [6, 6.07) is 1.98. The molecule has 2 unspecified atom stereocenters. The molecule has 1 aliphatic rings. The van der Waals surface area contributed by atoms with Gasteiger partial charge in [0.05, 0.1) is 0 Å². The quantitative estimate of drug-likeness (QED) is 0.808. The van der Waals surface area contributed by atoms with Crippen molar-refractivity contribution in [2.45, 2.75) is 26.2 Å². The van der Waals surface area contributed by atoms with E-state index >= 15 is 0 Å². The largest absolute Gasteiger partial charge is 0.370 e. The van der Waals surface area contributed by atoms with Gasteiger partial charge in [-0.05, 0) is 38.1 Å². The van der Waals surface area contributed by atoms with Crippen molar-refractivity contribution in [1.82, 2.24) is 9.97 Å². The highest BCUT2D eigenvalue weighted by Gasteiger charge is 2.25. The maximum absolute atomic E-state index is 5.76. The summed E-state index contributed by atoms with van der Waals surface area (Å²) in [5, 5.41) is 3.39. The molecule has 0 aliphatic heterocycles. The van der Waals surface area contributed by atoms with Crippen LogP contribution in [0.2, 0.25) is 0 Å². The van der Waals surface area contributed by atoms with E-state index in [9.17, 15) is 0 Å². The molecule has 2 atom stereocenters. The van der Waals surface area contributed by atoms with Crippen molar-refractivity contribution in [3.8, 4) is 0 Å². The van der Waals surface area contributed by atoms with Crippen LogP contribution in [0.5, 0.6) is 0 Å². The van der Waals surface area contributed by atoms with E-state index in [0.717, 1.165) is 24.6 Å². The Labute approximate surface area is 96.7 Å². The van der Waals surface area contributed by atoms with Crippen molar-refractivity contribution in [3.63, 3.8) is 0 Å². The molecule has 4 nitrogen and oxygen atoms in total. The first-order valence-corrected chi connectivity index (χ1v) is 6.02. The first-order valence-electron chi connectivity index (χ1n) is 6.02. The molecular formula is C12H20N4. The second-order valence-electron chi connectivity index (χ2n) is 4.61. The molecule has 0 radical (unpaired) electrons. The van der Waals surface area contributed by atoms with Crippen molar-refractivity contribution in [3.05, 3.63) is 18.1 Å². The Morgan fingerprint density at radius 3 is 2.94 bits per heavy atom. The van der Waals surface area contributed by atoms with E-state index in [1.165, 1.54) is 19.3 Å². The lowest BCUT2D eigenvalue weighted by atomic mass is 9.96. The van der Waals surface area contributed by atoms with E-state index in [1.807, 2.05) is 13.0 Å². The van der Waals surface area contributed by atoms with E-state index in [0.29, 0.717) is 11.8 Å². The molecule has 2 rings (SSSR count). The number of nitrogens with zero attached hydrogens (tertiary/aromatic N) is 2. The average Bonchev–Trinajstić information content (AvgIpc) is 2.74. The van der Waals surface area contributed by atoms with Crippen LogP contribution >= 0.6 is 0 Å². The number of hydrogen-bond acceptors (Lipinski definition) is 4. The Balaban J connectivity index is 1.87. The molecule has 4 heteroatoms. The summed E-state index contributed by atoms with van der Waals surface area (Å²) in [5.74, 6) is 2.32. The summed E-state index contributed by atoms with van der Waals surface area (Å²) in [7, 11) is 0. The predicted octanol–water partition coefficient (Wildman–Crippen LogP) is 1.57. The van der Waals surface area contributed by atoms with Crippen molar-refractivity contribution < 1.29 is 0 Å². The third kappa shape index (κ3) is 2.70. The van der Waals surface area contributed by atoms with Gasteiger partial charge in [-0.15, -0.1) is 0 Å². The molecular weight excluding hydrogens is 200 g/mol. The van der Waals surface area contributed by atoms with Gasteiger partial charge in [0.25, 0.3) is 0 Å². The Bertz CT molecular complexity index is 340. The zero-order valence-corrected chi connectivity index (χ0v) is 9.82. The minimum Gasteiger partial charge on any atom is -0.370 e. The van der Waals surface area contributed by atoms with Crippen LogP contribution in [0.4, 0.5) is 5.82 Å². The zero-order chi connectivity index (χ0) is 11.4. The first-order chi connectivity index (χ1) is 7.79. The number of rotatable bonds is 4. The normalized spacial score (nSPS) is 24.6. The van der Waals surface area contributed by atoms with E-state index in [1.54, 1.807) is 6.33 Å². The summed E-state index contributed by atoms with van der Waals surface area (Å²) in [6.45, 7) is 3.78. The van der Waals surface area contributed by atoms with Gasteiger partial charge >= 0.3 is 0 Å². The van der Waals surface area contributed by atoms with E-state index in [4.69, 9.17) is 5.73 Å². The van der Waals surface area contributed by atoms with Crippen LogP contribution in [0.1, 0.15) is 25.0 Å². The molecule has 0 saturated heterocycles. The zero-order valence-electron chi connectivity index (χ0n) is 9.82. The summed E-state index contributed by atoms with van der Waals surface area (Å²) in [5.41, 5.74) is 6.76. The predicted molar refractivity (Wildman–Crippen MR) is 65.1 cm³/mol. The monoisotopic (exact) mass is 220 g/mol. The summed E-state index contributed by atoms with van der Waals surface area (Å²) >= 11 is 0. The molecule has 1 aliphatic carbocycles. The smallest absolute Gasteiger partial charge is 0.129 e. The number of aromatic nitrogens is 2. The lowest BCUT2D eigenvalue weighted by Gasteiger charge is -2.18. The minimum absolute atomic E-state index is 0.690. The molecule has 3 N–H and O–H groups in total. The number of hydrogen-bond donors (Lipinski definition) is 2. The fourth-order valence-corrected chi connectivity index (χ4v) is 2.48. The number of nitrogens with two attached hydrogens (primary N) is 1. The molecule has 0 bridgehead atoms. The molecule has 1 saturated carbocycles. The maximum Gasteiger partial charge on any atom is 0.129 e.